The number of amides is 1. The number of benzene rings is 2. The van der Waals surface area contributed by atoms with E-state index in [1.807, 2.05) is 18.2 Å². The molecule has 2 aromatic carbocycles. The van der Waals surface area contributed by atoms with Gasteiger partial charge in [0.2, 0.25) is 5.91 Å². The van der Waals surface area contributed by atoms with Crippen LogP contribution in [0.25, 0.3) is 22.1 Å². The van der Waals surface area contributed by atoms with E-state index >= 15 is 0 Å². The molecule has 0 aliphatic carbocycles. The third kappa shape index (κ3) is 3.75. The van der Waals surface area contributed by atoms with Crippen LogP contribution in [0, 0.1) is 10.1 Å². The molecular weight excluding hydrogens is 358 g/mol. The summed E-state index contributed by atoms with van der Waals surface area (Å²) in [5, 5.41) is 15.0. The van der Waals surface area contributed by atoms with Crippen molar-refractivity contribution in [2.45, 2.75) is 19.3 Å². The van der Waals surface area contributed by atoms with Crippen LogP contribution in [-0.4, -0.2) is 35.4 Å². The Kier molecular flexibility index (Phi) is 5.08. The molecule has 0 atom stereocenters. The lowest BCUT2D eigenvalue weighted by Gasteiger charge is -2.25. The van der Waals surface area contributed by atoms with Gasteiger partial charge in [-0.05, 0) is 49.7 Å². The van der Waals surface area contributed by atoms with E-state index in [-0.39, 0.29) is 11.8 Å². The minimum absolute atomic E-state index is 0.0829. The van der Waals surface area contributed by atoms with Crippen LogP contribution in [0.1, 0.15) is 19.3 Å². The average Bonchev–Trinajstić information content (AvgIpc) is 3.08. The first-order chi connectivity index (χ1) is 13.6. The van der Waals surface area contributed by atoms with Crippen LogP contribution in [0.5, 0.6) is 0 Å². The van der Waals surface area contributed by atoms with E-state index in [2.05, 4.69) is 10.2 Å². The zero-order valence-electron chi connectivity index (χ0n) is 15.4. The number of nitro groups is 1. The number of carbonyl (C=O) groups is 1. The smallest absolute Gasteiger partial charge is 0.400 e. The summed E-state index contributed by atoms with van der Waals surface area (Å²) in [6, 6.07) is 14.2. The lowest BCUT2D eigenvalue weighted by atomic mass is 10.0. The Morgan fingerprint density at radius 1 is 1.11 bits per heavy atom. The first-order valence-corrected chi connectivity index (χ1v) is 9.40. The Morgan fingerprint density at radius 2 is 1.86 bits per heavy atom. The van der Waals surface area contributed by atoms with Crippen LogP contribution in [-0.2, 0) is 4.79 Å². The second-order valence-corrected chi connectivity index (χ2v) is 7.00. The van der Waals surface area contributed by atoms with Crippen molar-refractivity contribution in [2.75, 3.05) is 25.0 Å². The number of piperidine rings is 1. The van der Waals surface area contributed by atoms with Gasteiger partial charge in [-0.2, -0.15) is 0 Å². The number of nitrogens with one attached hydrogen (secondary N) is 1. The maximum absolute atomic E-state index is 12.4. The van der Waals surface area contributed by atoms with Gasteiger partial charge in [0.15, 0.2) is 0 Å². The van der Waals surface area contributed by atoms with Crippen LogP contribution in [0.15, 0.2) is 52.9 Å². The maximum Gasteiger partial charge on any atom is 0.442 e. The molecule has 4 rings (SSSR count). The molecule has 144 valence electrons. The third-order valence-corrected chi connectivity index (χ3v) is 5.00. The number of likely N-dealkylation sites (tertiary alicyclic amines) is 1. The molecule has 1 aromatic heterocycles. The lowest BCUT2D eigenvalue weighted by molar-refractivity contribution is -0.400. The van der Waals surface area contributed by atoms with Gasteiger partial charge in [0.1, 0.15) is 16.1 Å². The Bertz CT molecular complexity index is 1010. The zero-order chi connectivity index (χ0) is 19.5. The van der Waals surface area contributed by atoms with Gasteiger partial charge < -0.3 is 9.73 Å². The average molecular weight is 379 g/mol. The molecule has 0 bridgehead atoms. The van der Waals surface area contributed by atoms with Gasteiger partial charge in [-0.3, -0.25) is 19.8 Å². The van der Waals surface area contributed by atoms with E-state index in [1.165, 1.54) is 6.42 Å². The summed E-state index contributed by atoms with van der Waals surface area (Å²) in [4.78, 5) is 25.5. The largest absolute Gasteiger partial charge is 0.442 e. The van der Waals surface area contributed by atoms with E-state index in [9.17, 15) is 14.9 Å². The number of fused-ring (bicyclic) bond motifs is 1. The van der Waals surface area contributed by atoms with E-state index in [4.69, 9.17) is 4.42 Å². The molecule has 1 N–H and O–H groups in total. The van der Waals surface area contributed by atoms with Gasteiger partial charge in [0.25, 0.3) is 0 Å². The molecule has 7 heteroatoms. The van der Waals surface area contributed by atoms with Gasteiger partial charge in [-0.15, -0.1) is 0 Å². The highest BCUT2D eigenvalue weighted by molar-refractivity contribution is 6.02. The van der Waals surface area contributed by atoms with Crippen molar-refractivity contribution in [3.8, 4) is 11.1 Å². The quantitative estimate of drug-likeness (QED) is 0.523. The first-order valence-electron chi connectivity index (χ1n) is 9.40. The lowest BCUT2D eigenvalue weighted by Crippen LogP contribution is -2.36. The van der Waals surface area contributed by atoms with Crippen LogP contribution < -0.4 is 5.32 Å². The van der Waals surface area contributed by atoms with Crippen molar-refractivity contribution in [1.82, 2.24) is 4.90 Å². The van der Waals surface area contributed by atoms with Crippen LogP contribution in [0.4, 0.5) is 11.6 Å². The number of rotatable bonds is 5. The number of hydrogen-bond donors (Lipinski definition) is 1. The Morgan fingerprint density at radius 3 is 2.57 bits per heavy atom. The van der Waals surface area contributed by atoms with E-state index in [1.54, 1.807) is 30.3 Å². The topological polar surface area (TPSA) is 88.6 Å². The molecule has 1 aliphatic heterocycles. The molecular formula is C21H21N3O4. The van der Waals surface area contributed by atoms with Crippen LogP contribution >= 0.6 is 0 Å². The molecule has 0 spiro atoms. The van der Waals surface area contributed by atoms with E-state index in [0.29, 0.717) is 34.3 Å². The molecule has 1 aliphatic rings. The highest BCUT2D eigenvalue weighted by Gasteiger charge is 2.25. The SMILES string of the molecule is O=C(CN1CCCCC1)Nc1ccc2oc([N+](=O)[O-])c(-c3ccccc3)c2c1. The van der Waals surface area contributed by atoms with Gasteiger partial charge in [-0.1, -0.05) is 36.8 Å². The molecule has 1 amide bonds. The standard InChI is InChI=1S/C21H21N3O4/c25-19(14-23-11-5-2-6-12-23)22-16-9-10-18-17(13-16)20(21(28-18)24(26)27)15-7-3-1-4-8-15/h1,3-4,7-10,13H,2,5-6,11-12,14H2,(H,22,25). The van der Waals surface area contributed by atoms with Crippen molar-refractivity contribution < 1.29 is 14.1 Å². The molecule has 1 fully saturated rings. The van der Waals surface area contributed by atoms with Crippen molar-refractivity contribution in [2.24, 2.45) is 0 Å². The summed E-state index contributed by atoms with van der Waals surface area (Å²) in [5.74, 6) is -0.376. The second-order valence-electron chi connectivity index (χ2n) is 7.00. The molecule has 0 radical (unpaired) electrons. The Hall–Kier alpha value is -3.19. The maximum atomic E-state index is 12.4. The summed E-state index contributed by atoms with van der Waals surface area (Å²) < 4.78 is 5.48. The molecule has 3 aromatic rings. The molecule has 28 heavy (non-hydrogen) atoms. The van der Waals surface area contributed by atoms with E-state index in [0.717, 1.165) is 25.9 Å². The van der Waals surface area contributed by atoms with Crippen LogP contribution in [0.3, 0.4) is 0 Å². The fourth-order valence-corrected chi connectivity index (χ4v) is 3.70. The van der Waals surface area contributed by atoms with Gasteiger partial charge in [-0.25, -0.2) is 0 Å². The van der Waals surface area contributed by atoms with E-state index < -0.39 is 4.92 Å². The normalized spacial score (nSPS) is 14.9. The Balaban J connectivity index is 1.64. The van der Waals surface area contributed by atoms with Gasteiger partial charge >= 0.3 is 5.88 Å². The number of anilines is 1. The molecule has 0 unspecified atom stereocenters. The molecule has 1 saturated heterocycles. The van der Waals surface area contributed by atoms with Crippen molar-refractivity contribution in [1.29, 1.82) is 0 Å². The van der Waals surface area contributed by atoms with Gasteiger partial charge in [0.05, 0.1) is 6.54 Å². The van der Waals surface area contributed by atoms with Crippen LogP contribution in [0.2, 0.25) is 0 Å². The highest BCUT2D eigenvalue weighted by atomic mass is 16.6. The monoisotopic (exact) mass is 379 g/mol. The Labute approximate surface area is 162 Å². The number of furan rings is 1. The summed E-state index contributed by atoms with van der Waals surface area (Å²) in [6.07, 6.45) is 3.47. The minimum atomic E-state index is -0.517. The number of carbonyl (C=O) groups excluding carboxylic acids is 1. The zero-order valence-corrected chi connectivity index (χ0v) is 15.4. The number of nitrogens with zero attached hydrogens (tertiary/aromatic N) is 2. The number of hydrogen-bond acceptors (Lipinski definition) is 5. The summed E-state index contributed by atoms with van der Waals surface area (Å²) in [5.41, 5.74) is 2.14. The fraction of sp³-hybridized carbons (Fsp3) is 0.286. The molecule has 0 saturated carbocycles. The van der Waals surface area contributed by atoms with Crippen molar-refractivity contribution >= 4 is 28.4 Å². The highest BCUT2D eigenvalue weighted by Crippen LogP contribution is 2.40. The predicted molar refractivity (Wildman–Crippen MR) is 107 cm³/mol. The minimum Gasteiger partial charge on any atom is -0.400 e. The second kappa shape index (κ2) is 7.82. The molecule has 7 nitrogen and oxygen atoms in total. The summed E-state index contributed by atoms with van der Waals surface area (Å²) in [7, 11) is 0. The molecule has 2 heterocycles. The first kappa shape index (κ1) is 18.2. The van der Waals surface area contributed by atoms with Crippen molar-refractivity contribution in [3.63, 3.8) is 0 Å². The predicted octanol–water partition coefficient (Wildman–Crippen LogP) is 4.43. The summed E-state index contributed by atoms with van der Waals surface area (Å²) >= 11 is 0. The fourth-order valence-electron chi connectivity index (χ4n) is 3.70. The summed E-state index contributed by atoms with van der Waals surface area (Å²) in [6.45, 7) is 2.24. The van der Waals surface area contributed by atoms with Gasteiger partial charge in [0, 0.05) is 11.1 Å². The van der Waals surface area contributed by atoms with Crippen molar-refractivity contribution in [3.05, 3.63) is 58.6 Å². The third-order valence-electron chi connectivity index (χ3n) is 5.00.